The minimum Gasteiger partial charge on any atom is -0.466 e. The highest BCUT2D eigenvalue weighted by molar-refractivity contribution is 5.72. The lowest BCUT2D eigenvalue weighted by atomic mass is 9.86. The largest absolute Gasteiger partial charge is 0.466 e. The number of rotatable bonds is 8. The third kappa shape index (κ3) is 5.81. The predicted octanol–water partition coefficient (Wildman–Crippen LogP) is 3.79. The molecule has 0 radical (unpaired) electrons. The zero-order chi connectivity index (χ0) is 11.7. The van der Waals surface area contributed by atoms with Crippen LogP contribution in [0.2, 0.25) is 0 Å². The van der Waals surface area contributed by atoms with Crippen LogP contribution in [-0.2, 0) is 9.53 Å². The van der Waals surface area contributed by atoms with E-state index in [2.05, 4.69) is 20.8 Å². The fraction of sp³-hybridized carbons (Fsp3) is 0.923. The SMILES string of the molecule is CCCCC(C(=O)OCC)C(C)CCC. The molecule has 2 unspecified atom stereocenters. The van der Waals surface area contributed by atoms with Crippen LogP contribution in [0.15, 0.2) is 0 Å². The second-order valence-electron chi connectivity index (χ2n) is 4.27. The molecule has 0 aromatic heterocycles. The van der Waals surface area contributed by atoms with E-state index in [-0.39, 0.29) is 11.9 Å². The maximum absolute atomic E-state index is 11.7. The second-order valence-corrected chi connectivity index (χ2v) is 4.27. The first-order valence-electron chi connectivity index (χ1n) is 6.33. The van der Waals surface area contributed by atoms with Crippen LogP contribution in [0, 0.1) is 11.8 Å². The highest BCUT2D eigenvalue weighted by Crippen LogP contribution is 2.24. The monoisotopic (exact) mass is 214 g/mol. The van der Waals surface area contributed by atoms with Crippen molar-refractivity contribution in [3.05, 3.63) is 0 Å². The third-order valence-electron chi connectivity index (χ3n) is 2.89. The summed E-state index contributed by atoms with van der Waals surface area (Å²) in [6.45, 7) is 8.87. The predicted molar refractivity (Wildman–Crippen MR) is 63.7 cm³/mol. The van der Waals surface area contributed by atoms with Crippen LogP contribution in [0.25, 0.3) is 0 Å². The van der Waals surface area contributed by atoms with Gasteiger partial charge in [-0.25, -0.2) is 0 Å². The van der Waals surface area contributed by atoms with E-state index in [4.69, 9.17) is 4.74 Å². The van der Waals surface area contributed by atoms with Crippen LogP contribution in [0.1, 0.15) is 59.8 Å². The van der Waals surface area contributed by atoms with Crippen molar-refractivity contribution < 1.29 is 9.53 Å². The minimum atomic E-state index is 0.00639. The molecule has 0 saturated heterocycles. The third-order valence-corrected chi connectivity index (χ3v) is 2.89. The summed E-state index contributed by atoms with van der Waals surface area (Å²) in [7, 11) is 0. The summed E-state index contributed by atoms with van der Waals surface area (Å²) in [5.74, 6) is 0.581. The van der Waals surface area contributed by atoms with Gasteiger partial charge in [-0.05, 0) is 19.3 Å². The summed E-state index contributed by atoms with van der Waals surface area (Å²) in [6.07, 6.45) is 5.51. The molecule has 0 rings (SSSR count). The number of hydrogen-bond donors (Lipinski definition) is 0. The molecule has 0 fully saturated rings. The van der Waals surface area contributed by atoms with Gasteiger partial charge in [-0.2, -0.15) is 0 Å². The zero-order valence-electron chi connectivity index (χ0n) is 10.7. The molecule has 0 N–H and O–H groups in total. The van der Waals surface area contributed by atoms with Crippen molar-refractivity contribution in [1.82, 2.24) is 0 Å². The smallest absolute Gasteiger partial charge is 0.309 e. The van der Waals surface area contributed by atoms with Gasteiger partial charge in [0, 0.05) is 0 Å². The number of carbonyl (C=O) groups is 1. The fourth-order valence-corrected chi connectivity index (χ4v) is 1.96. The van der Waals surface area contributed by atoms with Gasteiger partial charge in [-0.3, -0.25) is 4.79 Å². The lowest BCUT2D eigenvalue weighted by Crippen LogP contribution is -2.24. The number of hydrogen-bond acceptors (Lipinski definition) is 2. The van der Waals surface area contributed by atoms with Crippen LogP contribution in [0.4, 0.5) is 0 Å². The lowest BCUT2D eigenvalue weighted by molar-refractivity contribution is -0.150. The zero-order valence-corrected chi connectivity index (χ0v) is 10.7. The average molecular weight is 214 g/mol. The Bertz CT molecular complexity index is 166. The van der Waals surface area contributed by atoms with Crippen molar-refractivity contribution in [1.29, 1.82) is 0 Å². The van der Waals surface area contributed by atoms with E-state index in [0.717, 1.165) is 32.1 Å². The van der Waals surface area contributed by atoms with Gasteiger partial charge in [-0.1, -0.05) is 46.5 Å². The van der Waals surface area contributed by atoms with Gasteiger partial charge in [0.15, 0.2) is 0 Å². The first-order chi connectivity index (χ1) is 7.17. The molecule has 0 aliphatic carbocycles. The van der Waals surface area contributed by atoms with Crippen LogP contribution in [0.3, 0.4) is 0 Å². The summed E-state index contributed by atoms with van der Waals surface area (Å²) < 4.78 is 5.13. The Hall–Kier alpha value is -0.530. The minimum absolute atomic E-state index is 0.00639. The van der Waals surface area contributed by atoms with E-state index in [9.17, 15) is 4.79 Å². The standard InChI is InChI=1S/C13H26O2/c1-5-8-10-12(11(4)9-6-2)13(14)15-7-3/h11-12H,5-10H2,1-4H3. The van der Waals surface area contributed by atoms with E-state index in [1.807, 2.05) is 6.92 Å². The molecule has 0 amide bonds. The topological polar surface area (TPSA) is 26.3 Å². The molecule has 0 aliphatic heterocycles. The van der Waals surface area contributed by atoms with Gasteiger partial charge >= 0.3 is 5.97 Å². The number of unbranched alkanes of at least 4 members (excludes halogenated alkanes) is 1. The molecule has 0 aromatic carbocycles. The van der Waals surface area contributed by atoms with E-state index in [1.54, 1.807) is 0 Å². The fourth-order valence-electron chi connectivity index (χ4n) is 1.96. The van der Waals surface area contributed by atoms with Crippen molar-refractivity contribution in [3.63, 3.8) is 0 Å². The molecule has 0 saturated carbocycles. The maximum atomic E-state index is 11.7. The van der Waals surface area contributed by atoms with Gasteiger partial charge < -0.3 is 4.74 Å². The number of ether oxygens (including phenoxy) is 1. The van der Waals surface area contributed by atoms with Gasteiger partial charge in [0.1, 0.15) is 0 Å². The molecule has 0 aromatic rings. The summed E-state index contributed by atoms with van der Waals surface area (Å²) in [5, 5.41) is 0. The van der Waals surface area contributed by atoms with Crippen molar-refractivity contribution in [2.75, 3.05) is 6.61 Å². The van der Waals surface area contributed by atoms with E-state index < -0.39 is 0 Å². The van der Waals surface area contributed by atoms with Crippen LogP contribution >= 0.6 is 0 Å². The van der Waals surface area contributed by atoms with Crippen molar-refractivity contribution in [2.24, 2.45) is 11.8 Å². The van der Waals surface area contributed by atoms with Gasteiger partial charge in [0.25, 0.3) is 0 Å². The Morgan fingerprint density at radius 2 is 1.80 bits per heavy atom. The molecule has 2 heteroatoms. The van der Waals surface area contributed by atoms with Crippen LogP contribution in [-0.4, -0.2) is 12.6 Å². The van der Waals surface area contributed by atoms with E-state index >= 15 is 0 Å². The Balaban J connectivity index is 4.21. The summed E-state index contributed by atoms with van der Waals surface area (Å²) in [5.41, 5.74) is 0. The lowest BCUT2D eigenvalue weighted by Gasteiger charge is -2.21. The number of esters is 1. The molecule has 0 heterocycles. The molecule has 2 atom stereocenters. The normalized spacial score (nSPS) is 14.7. The summed E-state index contributed by atoms with van der Waals surface area (Å²) >= 11 is 0. The van der Waals surface area contributed by atoms with Crippen molar-refractivity contribution in [2.45, 2.75) is 59.8 Å². The molecular weight excluding hydrogens is 188 g/mol. The van der Waals surface area contributed by atoms with Crippen LogP contribution in [0.5, 0.6) is 0 Å². The van der Waals surface area contributed by atoms with Crippen molar-refractivity contribution >= 4 is 5.97 Å². The highest BCUT2D eigenvalue weighted by atomic mass is 16.5. The average Bonchev–Trinajstić information content (AvgIpc) is 2.19. The Morgan fingerprint density at radius 3 is 2.27 bits per heavy atom. The molecule has 90 valence electrons. The first-order valence-corrected chi connectivity index (χ1v) is 6.33. The Morgan fingerprint density at radius 1 is 1.13 bits per heavy atom. The molecule has 0 spiro atoms. The summed E-state index contributed by atoms with van der Waals surface area (Å²) in [4.78, 5) is 11.7. The summed E-state index contributed by atoms with van der Waals surface area (Å²) in [6, 6.07) is 0. The molecule has 2 nitrogen and oxygen atoms in total. The molecular formula is C13H26O2. The van der Waals surface area contributed by atoms with Gasteiger partial charge in [-0.15, -0.1) is 0 Å². The molecule has 0 bridgehead atoms. The van der Waals surface area contributed by atoms with Crippen LogP contribution < -0.4 is 0 Å². The molecule has 15 heavy (non-hydrogen) atoms. The number of carbonyl (C=O) groups excluding carboxylic acids is 1. The maximum Gasteiger partial charge on any atom is 0.309 e. The quantitative estimate of drug-likeness (QED) is 0.575. The Labute approximate surface area is 94.4 Å². The first kappa shape index (κ1) is 14.5. The second kappa shape index (κ2) is 8.75. The Kier molecular flexibility index (Phi) is 8.44. The van der Waals surface area contributed by atoms with Gasteiger partial charge in [0.05, 0.1) is 12.5 Å². The van der Waals surface area contributed by atoms with E-state index in [1.165, 1.54) is 0 Å². The highest BCUT2D eigenvalue weighted by Gasteiger charge is 2.24. The van der Waals surface area contributed by atoms with Gasteiger partial charge in [0.2, 0.25) is 0 Å². The van der Waals surface area contributed by atoms with E-state index in [0.29, 0.717) is 12.5 Å². The molecule has 0 aliphatic rings. The van der Waals surface area contributed by atoms with Crippen molar-refractivity contribution in [3.8, 4) is 0 Å².